The first-order valence-electron chi connectivity index (χ1n) is 11.3. The number of benzene rings is 3. The van der Waals surface area contributed by atoms with E-state index in [1.54, 1.807) is 42.5 Å². The van der Waals surface area contributed by atoms with Gasteiger partial charge >= 0.3 is 0 Å². The molecule has 4 aromatic rings. The van der Waals surface area contributed by atoms with Crippen molar-refractivity contribution < 1.29 is 23.5 Å². The highest BCUT2D eigenvalue weighted by Crippen LogP contribution is 2.31. The summed E-state index contributed by atoms with van der Waals surface area (Å²) in [5, 5.41) is 11.0. The normalized spacial score (nSPS) is 11.8. The van der Waals surface area contributed by atoms with Gasteiger partial charge in [0.2, 0.25) is 11.8 Å². The fourth-order valence-corrected chi connectivity index (χ4v) is 3.90. The van der Waals surface area contributed by atoms with Crippen LogP contribution in [-0.4, -0.2) is 54.2 Å². The average Bonchev–Trinajstić information content (AvgIpc) is 3.29. The first-order chi connectivity index (χ1) is 17.5. The number of carbonyl (C=O) groups excluding carboxylic acids is 2. The number of hydrogen-bond donors (Lipinski definition) is 1. The van der Waals surface area contributed by atoms with Crippen molar-refractivity contribution in [2.75, 3.05) is 32.3 Å². The Morgan fingerprint density at radius 2 is 1.86 bits per heavy atom. The molecule has 186 valence electrons. The number of anilines is 1. The van der Waals surface area contributed by atoms with Gasteiger partial charge in [-0.3, -0.25) is 14.5 Å². The number of aromatic nitrogens is 3. The molecule has 4 rings (SSSR count). The second-order valence-corrected chi connectivity index (χ2v) is 7.94. The van der Waals surface area contributed by atoms with Crippen LogP contribution in [0.25, 0.3) is 11.0 Å². The first kappa shape index (κ1) is 24.8. The van der Waals surface area contributed by atoms with Crippen molar-refractivity contribution >= 4 is 28.5 Å². The summed E-state index contributed by atoms with van der Waals surface area (Å²) in [5.41, 5.74) is 2.00. The molecular weight excluding hydrogens is 465 g/mol. The lowest BCUT2D eigenvalue weighted by Crippen LogP contribution is -2.46. The van der Waals surface area contributed by atoms with E-state index in [0.29, 0.717) is 22.3 Å². The molecule has 0 unspecified atom stereocenters. The summed E-state index contributed by atoms with van der Waals surface area (Å²) in [4.78, 5) is 28.6. The molecule has 1 aromatic heterocycles. The van der Waals surface area contributed by atoms with E-state index in [0.717, 1.165) is 0 Å². The minimum atomic E-state index is -1.12. The van der Waals surface area contributed by atoms with E-state index in [1.807, 2.05) is 12.1 Å². The van der Waals surface area contributed by atoms with Crippen LogP contribution in [0.1, 0.15) is 11.6 Å². The molecule has 2 amide bonds. The Morgan fingerprint density at radius 3 is 2.64 bits per heavy atom. The van der Waals surface area contributed by atoms with Gasteiger partial charge in [-0.05, 0) is 48.0 Å². The third-order valence-corrected chi connectivity index (χ3v) is 5.58. The molecule has 0 aliphatic rings. The molecule has 0 radical (unpaired) electrons. The number of rotatable bonds is 10. The molecule has 1 N–H and O–H groups in total. The number of carbonyl (C=O) groups is 2. The fourth-order valence-electron chi connectivity index (χ4n) is 3.90. The van der Waals surface area contributed by atoms with Crippen LogP contribution in [0.3, 0.4) is 0 Å². The quantitative estimate of drug-likeness (QED) is 0.342. The molecule has 0 aliphatic heterocycles. The van der Waals surface area contributed by atoms with Crippen molar-refractivity contribution in [3.05, 3.63) is 84.2 Å². The molecule has 3 aromatic carbocycles. The van der Waals surface area contributed by atoms with E-state index in [1.165, 1.54) is 42.0 Å². The lowest BCUT2D eigenvalue weighted by molar-refractivity contribution is -0.127. The third-order valence-electron chi connectivity index (χ3n) is 5.58. The Balaban J connectivity index is 1.79. The number of fused-ring (bicyclic) bond motifs is 1. The van der Waals surface area contributed by atoms with Gasteiger partial charge in [-0.15, -0.1) is 5.10 Å². The second kappa shape index (κ2) is 11.4. The molecule has 36 heavy (non-hydrogen) atoms. The average molecular weight is 492 g/mol. The predicted octanol–water partition coefficient (Wildman–Crippen LogP) is 3.12. The molecule has 1 heterocycles. The first-order valence-corrected chi connectivity index (χ1v) is 11.3. The molecule has 0 saturated heterocycles. The number of hydrogen-bond acceptors (Lipinski definition) is 6. The van der Waals surface area contributed by atoms with Gasteiger partial charge in [0.05, 0.1) is 19.2 Å². The maximum atomic E-state index is 14.3. The topological polar surface area (TPSA) is 98.6 Å². The predicted molar refractivity (Wildman–Crippen MR) is 132 cm³/mol. The SMILES string of the molecule is COCCNC(=O)[C@H](c1cccc(OC)c1)N(C(=O)Cn1nnc2ccccc21)c1cccc(F)c1. The zero-order chi connectivity index (χ0) is 25.5. The molecule has 0 aliphatic carbocycles. The van der Waals surface area contributed by atoms with Crippen LogP contribution in [0, 0.1) is 5.82 Å². The van der Waals surface area contributed by atoms with E-state index in [4.69, 9.17) is 9.47 Å². The Hall–Kier alpha value is -4.31. The van der Waals surface area contributed by atoms with E-state index in [2.05, 4.69) is 15.6 Å². The summed E-state index contributed by atoms with van der Waals surface area (Å²) < 4.78 is 26.2. The summed E-state index contributed by atoms with van der Waals surface area (Å²) in [5.74, 6) is -0.968. The van der Waals surface area contributed by atoms with Crippen molar-refractivity contribution in [3.63, 3.8) is 0 Å². The number of ether oxygens (including phenoxy) is 2. The van der Waals surface area contributed by atoms with Gasteiger partial charge < -0.3 is 14.8 Å². The molecule has 9 nitrogen and oxygen atoms in total. The Labute approximate surface area is 207 Å². The highest BCUT2D eigenvalue weighted by atomic mass is 19.1. The second-order valence-electron chi connectivity index (χ2n) is 7.94. The maximum absolute atomic E-state index is 14.3. The number of halogens is 1. The minimum absolute atomic E-state index is 0.219. The highest BCUT2D eigenvalue weighted by molar-refractivity contribution is 6.01. The van der Waals surface area contributed by atoms with Gasteiger partial charge in [0.15, 0.2) is 0 Å². The lowest BCUT2D eigenvalue weighted by Gasteiger charge is -2.31. The molecule has 10 heteroatoms. The van der Waals surface area contributed by atoms with E-state index in [9.17, 15) is 14.0 Å². The summed E-state index contributed by atoms with van der Waals surface area (Å²) in [6, 6.07) is 18.5. The summed E-state index contributed by atoms with van der Waals surface area (Å²) in [6.07, 6.45) is 0. The summed E-state index contributed by atoms with van der Waals surface area (Å²) in [6.45, 7) is 0.299. The number of nitrogens with one attached hydrogen (secondary N) is 1. The maximum Gasteiger partial charge on any atom is 0.249 e. The van der Waals surface area contributed by atoms with Crippen LogP contribution in [-0.2, 0) is 20.9 Å². The number of methoxy groups -OCH3 is 2. The molecule has 0 fully saturated rings. The van der Waals surface area contributed by atoms with Crippen molar-refractivity contribution in [1.82, 2.24) is 20.3 Å². The van der Waals surface area contributed by atoms with E-state index < -0.39 is 23.7 Å². The van der Waals surface area contributed by atoms with Crippen LogP contribution in [0.5, 0.6) is 5.75 Å². The van der Waals surface area contributed by atoms with Gasteiger partial charge in [0, 0.05) is 19.3 Å². The molecule has 0 bridgehead atoms. The number of para-hydroxylation sites is 1. The van der Waals surface area contributed by atoms with Gasteiger partial charge in [-0.2, -0.15) is 0 Å². The largest absolute Gasteiger partial charge is 0.497 e. The van der Waals surface area contributed by atoms with Gasteiger partial charge in [-0.1, -0.05) is 35.5 Å². The smallest absolute Gasteiger partial charge is 0.249 e. The molecule has 1 atom stereocenters. The van der Waals surface area contributed by atoms with Crippen molar-refractivity contribution in [1.29, 1.82) is 0 Å². The van der Waals surface area contributed by atoms with Crippen molar-refractivity contribution in [2.24, 2.45) is 0 Å². The number of amides is 2. The van der Waals surface area contributed by atoms with Crippen LogP contribution in [0.15, 0.2) is 72.8 Å². The zero-order valence-electron chi connectivity index (χ0n) is 19.9. The minimum Gasteiger partial charge on any atom is -0.497 e. The summed E-state index contributed by atoms with van der Waals surface area (Å²) >= 11 is 0. The third kappa shape index (κ3) is 5.49. The van der Waals surface area contributed by atoms with Crippen molar-refractivity contribution in [2.45, 2.75) is 12.6 Å². The Morgan fingerprint density at radius 1 is 1.06 bits per heavy atom. The van der Waals surface area contributed by atoms with Gasteiger partial charge in [-0.25, -0.2) is 9.07 Å². The Kier molecular flexibility index (Phi) is 7.86. The monoisotopic (exact) mass is 491 g/mol. The van der Waals surface area contributed by atoms with Gasteiger partial charge in [0.1, 0.15) is 29.7 Å². The summed E-state index contributed by atoms with van der Waals surface area (Å²) in [7, 11) is 3.04. The standard InChI is InChI=1S/C26H26FN5O4/c1-35-14-13-28-26(34)25(18-7-5-10-21(15-18)36-2)32(20-9-6-8-19(27)16-20)24(33)17-31-23-12-4-3-11-22(23)29-30-31/h3-12,15-16,25H,13-14,17H2,1-2H3,(H,28,34)/t25-/m0/s1. The molecular formula is C26H26FN5O4. The highest BCUT2D eigenvalue weighted by Gasteiger charge is 2.33. The van der Waals surface area contributed by atoms with Crippen LogP contribution in [0.2, 0.25) is 0 Å². The van der Waals surface area contributed by atoms with E-state index >= 15 is 0 Å². The van der Waals surface area contributed by atoms with E-state index in [-0.39, 0.29) is 25.4 Å². The van der Waals surface area contributed by atoms with Crippen LogP contribution in [0.4, 0.5) is 10.1 Å². The van der Waals surface area contributed by atoms with Crippen LogP contribution < -0.4 is 15.0 Å². The molecule has 0 spiro atoms. The molecule has 0 saturated carbocycles. The Bertz CT molecular complexity index is 1360. The number of nitrogens with zero attached hydrogens (tertiary/aromatic N) is 4. The fraction of sp³-hybridized carbons (Fsp3) is 0.231. The van der Waals surface area contributed by atoms with Crippen molar-refractivity contribution in [3.8, 4) is 5.75 Å². The zero-order valence-corrected chi connectivity index (χ0v) is 19.9. The lowest BCUT2D eigenvalue weighted by atomic mass is 10.0. The van der Waals surface area contributed by atoms with Crippen LogP contribution >= 0.6 is 0 Å². The van der Waals surface area contributed by atoms with Gasteiger partial charge in [0.25, 0.3) is 0 Å².